The van der Waals surface area contributed by atoms with Crippen molar-refractivity contribution in [1.29, 1.82) is 0 Å². The molecular formula is C13H17BrN2S. The van der Waals surface area contributed by atoms with Crippen molar-refractivity contribution in [2.24, 2.45) is 17.6 Å². The average Bonchev–Trinajstić information content (AvgIpc) is 2.93. The van der Waals surface area contributed by atoms with Gasteiger partial charge in [-0.25, -0.2) is 0 Å². The van der Waals surface area contributed by atoms with Gasteiger partial charge in [-0.15, -0.1) is 0 Å². The van der Waals surface area contributed by atoms with Gasteiger partial charge in [-0.05, 0) is 52.4 Å². The average molecular weight is 313 g/mol. The number of halogens is 1. The normalized spacial score (nSPS) is 22.3. The summed E-state index contributed by atoms with van der Waals surface area (Å²) in [7, 11) is 2.13. The van der Waals surface area contributed by atoms with Gasteiger partial charge in [0.05, 0.1) is 5.69 Å². The molecule has 0 bridgehead atoms. The van der Waals surface area contributed by atoms with E-state index < -0.39 is 0 Å². The maximum atomic E-state index is 5.61. The highest BCUT2D eigenvalue weighted by Gasteiger charge is 2.33. The van der Waals surface area contributed by atoms with Gasteiger partial charge in [-0.1, -0.05) is 19.1 Å². The van der Waals surface area contributed by atoms with Gasteiger partial charge in [0.25, 0.3) is 0 Å². The summed E-state index contributed by atoms with van der Waals surface area (Å²) in [6.07, 6.45) is 1.35. The largest absolute Gasteiger partial charge is 0.389 e. The molecule has 0 amide bonds. The van der Waals surface area contributed by atoms with E-state index in [1.165, 1.54) is 12.1 Å². The van der Waals surface area contributed by atoms with Crippen LogP contribution in [0.2, 0.25) is 0 Å². The number of hydrogen-bond donors (Lipinski definition) is 1. The molecule has 0 spiro atoms. The van der Waals surface area contributed by atoms with E-state index in [4.69, 9.17) is 18.0 Å². The molecule has 2 unspecified atom stereocenters. The maximum absolute atomic E-state index is 5.61. The van der Waals surface area contributed by atoms with Crippen LogP contribution in [0.1, 0.15) is 18.9 Å². The second-order valence-electron chi connectivity index (χ2n) is 4.88. The lowest BCUT2D eigenvalue weighted by Crippen LogP contribution is -2.21. The quantitative estimate of drug-likeness (QED) is 0.866. The van der Waals surface area contributed by atoms with E-state index in [-0.39, 0.29) is 0 Å². The Hall–Kier alpha value is -0.610. The first-order valence-electron chi connectivity index (χ1n) is 5.79. The van der Waals surface area contributed by atoms with Crippen LogP contribution < -0.4 is 10.6 Å². The van der Waals surface area contributed by atoms with Gasteiger partial charge in [-0.3, -0.25) is 0 Å². The van der Waals surface area contributed by atoms with Crippen molar-refractivity contribution in [3.63, 3.8) is 0 Å². The molecule has 0 aromatic heterocycles. The second kappa shape index (κ2) is 4.94. The van der Waals surface area contributed by atoms with Gasteiger partial charge in [-0.2, -0.15) is 0 Å². The van der Waals surface area contributed by atoms with Crippen molar-refractivity contribution in [3.8, 4) is 0 Å². The van der Waals surface area contributed by atoms with E-state index in [1.54, 1.807) is 0 Å². The molecule has 1 saturated carbocycles. The fraction of sp³-hybridized carbons (Fsp3) is 0.462. The fourth-order valence-electron chi connectivity index (χ4n) is 2.07. The van der Waals surface area contributed by atoms with Crippen LogP contribution >= 0.6 is 28.1 Å². The van der Waals surface area contributed by atoms with Gasteiger partial charge in [0.2, 0.25) is 0 Å². The van der Waals surface area contributed by atoms with Crippen molar-refractivity contribution in [2.45, 2.75) is 13.3 Å². The SMILES string of the molecule is CC1CC1CN(C)c1ccc(C(N)=S)cc1Br. The summed E-state index contributed by atoms with van der Waals surface area (Å²) in [6.45, 7) is 3.43. The molecule has 0 aliphatic heterocycles. The van der Waals surface area contributed by atoms with Crippen LogP contribution in [0.25, 0.3) is 0 Å². The zero-order chi connectivity index (χ0) is 12.6. The Morgan fingerprint density at radius 2 is 2.24 bits per heavy atom. The summed E-state index contributed by atoms with van der Waals surface area (Å²) in [5.74, 6) is 1.73. The van der Waals surface area contributed by atoms with Crippen LogP contribution in [-0.2, 0) is 0 Å². The molecule has 1 aliphatic carbocycles. The molecule has 0 saturated heterocycles. The monoisotopic (exact) mass is 312 g/mol. The van der Waals surface area contributed by atoms with Crippen molar-refractivity contribution >= 4 is 38.8 Å². The van der Waals surface area contributed by atoms with Crippen LogP contribution in [-0.4, -0.2) is 18.6 Å². The third kappa shape index (κ3) is 2.99. The number of rotatable bonds is 4. The zero-order valence-corrected chi connectivity index (χ0v) is 12.5. The van der Waals surface area contributed by atoms with Crippen molar-refractivity contribution in [3.05, 3.63) is 28.2 Å². The van der Waals surface area contributed by atoms with Crippen LogP contribution in [0, 0.1) is 11.8 Å². The summed E-state index contributed by atoms with van der Waals surface area (Å²) >= 11 is 8.55. The Balaban J connectivity index is 2.12. The standard InChI is InChI=1S/C13H17BrN2S/c1-8-5-10(8)7-16(2)12-4-3-9(13(15)17)6-11(12)14/h3-4,6,8,10H,5,7H2,1-2H3,(H2,15,17). The topological polar surface area (TPSA) is 29.3 Å². The minimum atomic E-state index is 0.440. The van der Waals surface area contributed by atoms with E-state index in [2.05, 4.69) is 40.9 Å². The summed E-state index contributed by atoms with van der Waals surface area (Å²) in [5, 5.41) is 0. The lowest BCUT2D eigenvalue weighted by Gasteiger charge is -2.21. The molecule has 92 valence electrons. The van der Waals surface area contributed by atoms with E-state index in [0.29, 0.717) is 4.99 Å². The Morgan fingerprint density at radius 1 is 1.59 bits per heavy atom. The van der Waals surface area contributed by atoms with Gasteiger partial charge in [0, 0.05) is 23.6 Å². The molecule has 0 heterocycles. The summed E-state index contributed by atoms with van der Waals surface area (Å²) < 4.78 is 1.05. The zero-order valence-electron chi connectivity index (χ0n) is 10.1. The first kappa shape index (κ1) is 12.8. The number of hydrogen-bond acceptors (Lipinski definition) is 2. The molecule has 0 radical (unpaired) electrons. The Bertz CT molecular complexity index is 447. The fourth-order valence-corrected chi connectivity index (χ4v) is 2.88. The number of nitrogens with two attached hydrogens (primary N) is 1. The molecule has 1 fully saturated rings. The van der Waals surface area contributed by atoms with E-state index in [1.807, 2.05) is 12.1 Å². The lowest BCUT2D eigenvalue weighted by molar-refractivity contribution is 0.725. The molecule has 2 nitrogen and oxygen atoms in total. The highest BCUT2D eigenvalue weighted by atomic mass is 79.9. The van der Waals surface area contributed by atoms with Gasteiger partial charge < -0.3 is 10.6 Å². The van der Waals surface area contributed by atoms with Gasteiger partial charge >= 0.3 is 0 Å². The van der Waals surface area contributed by atoms with E-state index in [0.717, 1.165) is 28.4 Å². The number of benzene rings is 1. The highest BCUT2D eigenvalue weighted by Crippen LogP contribution is 2.39. The van der Waals surface area contributed by atoms with E-state index >= 15 is 0 Å². The number of anilines is 1. The number of thiocarbonyl (C=S) groups is 1. The molecule has 2 N–H and O–H groups in total. The van der Waals surface area contributed by atoms with Gasteiger partial charge in [0.1, 0.15) is 4.99 Å². The highest BCUT2D eigenvalue weighted by molar-refractivity contribution is 9.10. The minimum absolute atomic E-state index is 0.440. The summed E-state index contributed by atoms with van der Waals surface area (Å²) in [5.41, 5.74) is 7.72. The number of nitrogens with zero attached hydrogens (tertiary/aromatic N) is 1. The van der Waals surface area contributed by atoms with Gasteiger partial charge in [0.15, 0.2) is 0 Å². The van der Waals surface area contributed by atoms with Crippen LogP contribution in [0.3, 0.4) is 0 Å². The van der Waals surface area contributed by atoms with Crippen molar-refractivity contribution < 1.29 is 0 Å². The summed E-state index contributed by atoms with van der Waals surface area (Å²) in [6, 6.07) is 6.05. The van der Waals surface area contributed by atoms with Crippen molar-refractivity contribution in [1.82, 2.24) is 0 Å². The van der Waals surface area contributed by atoms with Crippen LogP contribution in [0.15, 0.2) is 22.7 Å². The smallest absolute Gasteiger partial charge is 0.104 e. The van der Waals surface area contributed by atoms with Crippen LogP contribution in [0.5, 0.6) is 0 Å². The first-order chi connectivity index (χ1) is 7.99. The second-order valence-corrected chi connectivity index (χ2v) is 6.18. The molecule has 2 atom stereocenters. The van der Waals surface area contributed by atoms with Crippen molar-refractivity contribution in [2.75, 3.05) is 18.5 Å². The van der Waals surface area contributed by atoms with E-state index in [9.17, 15) is 0 Å². The predicted octanol–water partition coefficient (Wildman–Crippen LogP) is 3.18. The summed E-state index contributed by atoms with van der Waals surface area (Å²) in [4.78, 5) is 2.73. The predicted molar refractivity (Wildman–Crippen MR) is 80.6 cm³/mol. The Labute approximate surface area is 116 Å². The molecular weight excluding hydrogens is 296 g/mol. The molecule has 1 aliphatic rings. The maximum Gasteiger partial charge on any atom is 0.104 e. The molecule has 1 aromatic rings. The Morgan fingerprint density at radius 3 is 2.71 bits per heavy atom. The molecule has 2 rings (SSSR count). The molecule has 17 heavy (non-hydrogen) atoms. The minimum Gasteiger partial charge on any atom is -0.389 e. The first-order valence-corrected chi connectivity index (χ1v) is 6.99. The molecule has 4 heteroatoms. The Kier molecular flexibility index (Phi) is 3.73. The lowest BCUT2D eigenvalue weighted by atomic mass is 10.2. The third-order valence-corrected chi connectivity index (χ3v) is 4.30. The van der Waals surface area contributed by atoms with Crippen LogP contribution in [0.4, 0.5) is 5.69 Å². The third-order valence-electron chi connectivity index (χ3n) is 3.43. The molecule has 1 aromatic carbocycles.